The Morgan fingerprint density at radius 1 is 1.24 bits per heavy atom. The standard InChI is InChI=1S/C24H24N6OS2/c1-3-29-15-25-22(27-29)18-10-8-17(9-11-18)13-31-28-23(32)26-24-30-19(14-33-24)12-16(2)20-6-4-5-7-21(20)30/h4-12,15-16H,3,13-14H2,1-2H3,(H,28,32)/b26-24-. The first kappa shape index (κ1) is 21.8. The van der Waals surface area contributed by atoms with Crippen molar-refractivity contribution in [3.05, 3.63) is 77.8 Å². The first-order chi connectivity index (χ1) is 16.1. The zero-order chi connectivity index (χ0) is 22.8. The number of thioether (sulfide) groups is 1. The number of allylic oxidation sites excluding steroid dienone is 1. The highest BCUT2D eigenvalue weighted by Gasteiger charge is 2.32. The first-order valence-corrected chi connectivity index (χ1v) is 12.2. The van der Waals surface area contributed by atoms with Crippen molar-refractivity contribution in [3.63, 3.8) is 0 Å². The van der Waals surface area contributed by atoms with Crippen LogP contribution in [-0.2, 0) is 18.0 Å². The smallest absolute Gasteiger partial charge is 0.219 e. The van der Waals surface area contributed by atoms with E-state index in [0.29, 0.717) is 17.6 Å². The van der Waals surface area contributed by atoms with Crippen LogP contribution in [0.2, 0.25) is 0 Å². The maximum atomic E-state index is 5.61. The van der Waals surface area contributed by atoms with Crippen molar-refractivity contribution in [1.29, 1.82) is 0 Å². The number of aromatic nitrogens is 3. The number of fused-ring (bicyclic) bond motifs is 3. The van der Waals surface area contributed by atoms with Crippen LogP contribution in [0.3, 0.4) is 0 Å². The summed E-state index contributed by atoms with van der Waals surface area (Å²) in [5.41, 5.74) is 8.51. The molecule has 0 radical (unpaired) electrons. The van der Waals surface area contributed by atoms with Gasteiger partial charge in [0.2, 0.25) is 5.11 Å². The van der Waals surface area contributed by atoms with Crippen molar-refractivity contribution in [2.75, 3.05) is 10.7 Å². The molecule has 0 saturated carbocycles. The van der Waals surface area contributed by atoms with Crippen LogP contribution in [0.15, 0.2) is 71.6 Å². The van der Waals surface area contributed by atoms with E-state index >= 15 is 0 Å². The van der Waals surface area contributed by atoms with E-state index in [-0.39, 0.29) is 0 Å². The number of anilines is 1. The molecule has 1 saturated heterocycles. The summed E-state index contributed by atoms with van der Waals surface area (Å²) in [7, 11) is 0. The summed E-state index contributed by atoms with van der Waals surface area (Å²) in [6, 6.07) is 16.4. The molecule has 168 valence electrons. The maximum Gasteiger partial charge on any atom is 0.219 e. The fraction of sp³-hybridized carbons (Fsp3) is 0.250. The first-order valence-electron chi connectivity index (χ1n) is 10.8. The number of amidine groups is 1. The molecule has 7 nitrogen and oxygen atoms in total. The molecule has 0 bridgehead atoms. The lowest BCUT2D eigenvalue weighted by atomic mass is 9.94. The Balaban J connectivity index is 1.19. The summed E-state index contributed by atoms with van der Waals surface area (Å²) in [6.45, 7) is 5.43. The van der Waals surface area contributed by atoms with Crippen LogP contribution >= 0.6 is 24.0 Å². The van der Waals surface area contributed by atoms with E-state index in [9.17, 15) is 0 Å². The normalized spacial score (nSPS) is 18.1. The van der Waals surface area contributed by atoms with E-state index in [1.54, 1.807) is 18.1 Å². The van der Waals surface area contributed by atoms with Crippen molar-refractivity contribution in [2.45, 2.75) is 32.9 Å². The van der Waals surface area contributed by atoms with Crippen LogP contribution in [0.1, 0.15) is 30.9 Å². The van der Waals surface area contributed by atoms with E-state index in [2.05, 4.69) is 62.7 Å². The van der Waals surface area contributed by atoms with Crippen LogP contribution in [-0.4, -0.2) is 30.8 Å². The minimum Gasteiger partial charge on any atom is -0.292 e. The summed E-state index contributed by atoms with van der Waals surface area (Å²) >= 11 is 7.10. The molecule has 2 aliphatic rings. The fourth-order valence-electron chi connectivity index (χ4n) is 3.93. The number of para-hydroxylation sites is 1. The highest BCUT2D eigenvalue weighted by molar-refractivity contribution is 8.14. The predicted molar refractivity (Wildman–Crippen MR) is 137 cm³/mol. The molecular weight excluding hydrogens is 452 g/mol. The van der Waals surface area contributed by atoms with E-state index in [4.69, 9.17) is 17.1 Å². The molecule has 3 aromatic rings. The Labute approximate surface area is 202 Å². The van der Waals surface area contributed by atoms with Gasteiger partial charge in [-0.2, -0.15) is 10.1 Å². The summed E-state index contributed by atoms with van der Waals surface area (Å²) in [5, 5.41) is 5.60. The highest BCUT2D eigenvalue weighted by atomic mass is 32.2. The number of nitrogens with one attached hydrogen (secondary N) is 1. The van der Waals surface area contributed by atoms with E-state index in [1.807, 2.05) is 35.9 Å². The third kappa shape index (κ3) is 4.57. The Hall–Kier alpha value is -3.01. The van der Waals surface area contributed by atoms with Gasteiger partial charge in [0.05, 0.1) is 12.3 Å². The number of hydroxylamine groups is 1. The molecule has 1 atom stereocenters. The quantitative estimate of drug-likeness (QED) is 0.416. The van der Waals surface area contributed by atoms with Crippen LogP contribution in [0.5, 0.6) is 0 Å². The van der Waals surface area contributed by atoms with Gasteiger partial charge in [-0.1, -0.05) is 67.2 Å². The minimum absolute atomic E-state index is 0.306. The van der Waals surface area contributed by atoms with Crippen LogP contribution in [0.25, 0.3) is 11.4 Å². The van der Waals surface area contributed by atoms with Crippen molar-refractivity contribution >= 4 is 39.9 Å². The maximum absolute atomic E-state index is 5.61. The largest absolute Gasteiger partial charge is 0.292 e. The number of thiocarbonyl (C=S) groups is 1. The number of aryl methyl sites for hydroxylation is 1. The summed E-state index contributed by atoms with van der Waals surface area (Å²) < 4.78 is 1.81. The number of rotatable bonds is 5. The average Bonchev–Trinajstić information content (AvgIpc) is 3.47. The summed E-state index contributed by atoms with van der Waals surface area (Å²) in [4.78, 5) is 16.8. The zero-order valence-electron chi connectivity index (χ0n) is 18.4. The van der Waals surface area contributed by atoms with Gasteiger partial charge in [-0.3, -0.25) is 14.4 Å². The Morgan fingerprint density at radius 3 is 2.85 bits per heavy atom. The number of benzene rings is 2. The molecule has 5 rings (SSSR count). The van der Waals surface area contributed by atoms with Gasteiger partial charge >= 0.3 is 0 Å². The Kier molecular flexibility index (Phi) is 6.26. The second-order valence-electron chi connectivity index (χ2n) is 7.84. The monoisotopic (exact) mass is 476 g/mol. The zero-order valence-corrected chi connectivity index (χ0v) is 20.1. The molecule has 2 aromatic carbocycles. The minimum atomic E-state index is 0.306. The van der Waals surface area contributed by atoms with Crippen LogP contribution in [0, 0.1) is 0 Å². The molecule has 1 unspecified atom stereocenters. The van der Waals surface area contributed by atoms with E-state index < -0.39 is 0 Å². The van der Waals surface area contributed by atoms with Crippen molar-refractivity contribution in [3.8, 4) is 11.4 Å². The number of hydrogen-bond acceptors (Lipinski definition) is 5. The predicted octanol–water partition coefficient (Wildman–Crippen LogP) is 4.88. The van der Waals surface area contributed by atoms with Gasteiger partial charge < -0.3 is 0 Å². The lowest BCUT2D eigenvalue weighted by molar-refractivity contribution is 0.0722. The van der Waals surface area contributed by atoms with Gasteiger partial charge in [0.25, 0.3) is 0 Å². The lowest BCUT2D eigenvalue weighted by Gasteiger charge is -2.29. The molecule has 0 aliphatic carbocycles. The molecule has 1 aromatic heterocycles. The van der Waals surface area contributed by atoms with Gasteiger partial charge in [0.15, 0.2) is 11.0 Å². The lowest BCUT2D eigenvalue weighted by Crippen LogP contribution is -2.29. The third-order valence-electron chi connectivity index (χ3n) is 5.61. The molecule has 0 amide bonds. The fourth-order valence-corrected chi connectivity index (χ4v) is 5.13. The second kappa shape index (κ2) is 9.46. The molecule has 3 heterocycles. The average molecular weight is 477 g/mol. The van der Waals surface area contributed by atoms with Crippen LogP contribution < -0.4 is 10.4 Å². The van der Waals surface area contributed by atoms with E-state index in [0.717, 1.165) is 34.4 Å². The third-order valence-corrected chi connectivity index (χ3v) is 6.75. The SMILES string of the molecule is CCn1cnc(-c2ccc(CONC(=S)/N=C3\SCC4=CC(C)c5ccccc5N43)cc2)n1. The van der Waals surface area contributed by atoms with Gasteiger partial charge in [-0.05, 0) is 36.3 Å². The second-order valence-corrected chi connectivity index (χ2v) is 9.17. The Morgan fingerprint density at radius 2 is 2.06 bits per heavy atom. The van der Waals surface area contributed by atoms with Gasteiger partial charge in [0, 0.05) is 29.5 Å². The van der Waals surface area contributed by atoms with E-state index in [1.165, 1.54) is 16.9 Å². The van der Waals surface area contributed by atoms with Crippen LogP contribution in [0.4, 0.5) is 5.69 Å². The molecule has 9 heteroatoms. The number of nitrogens with zero attached hydrogens (tertiary/aromatic N) is 5. The van der Waals surface area contributed by atoms with Crippen molar-refractivity contribution in [2.24, 2.45) is 4.99 Å². The van der Waals surface area contributed by atoms with Gasteiger partial charge in [-0.25, -0.2) is 10.5 Å². The molecule has 0 spiro atoms. The molecule has 2 aliphatic heterocycles. The van der Waals surface area contributed by atoms with Crippen molar-refractivity contribution < 1.29 is 4.84 Å². The highest BCUT2D eigenvalue weighted by Crippen LogP contribution is 2.42. The van der Waals surface area contributed by atoms with Gasteiger partial charge in [-0.15, -0.1) is 0 Å². The number of aliphatic imine (C=N–C) groups is 1. The number of hydrogen-bond donors (Lipinski definition) is 1. The molecule has 1 fully saturated rings. The van der Waals surface area contributed by atoms with Crippen molar-refractivity contribution in [1.82, 2.24) is 20.2 Å². The molecule has 1 N–H and O–H groups in total. The molecular formula is C24H24N6OS2. The molecule has 33 heavy (non-hydrogen) atoms. The summed E-state index contributed by atoms with van der Waals surface area (Å²) in [5.74, 6) is 2.00. The summed E-state index contributed by atoms with van der Waals surface area (Å²) in [6.07, 6.45) is 4.04. The Bertz CT molecular complexity index is 1230. The topological polar surface area (TPSA) is 67.6 Å². The van der Waals surface area contributed by atoms with Gasteiger partial charge in [0.1, 0.15) is 6.33 Å².